The highest BCUT2D eigenvalue weighted by molar-refractivity contribution is 7.07. The fourth-order valence-corrected chi connectivity index (χ4v) is 3.87. The number of hydrogen-bond acceptors (Lipinski definition) is 4. The molecule has 1 saturated heterocycles. The van der Waals surface area contributed by atoms with Gasteiger partial charge < -0.3 is 5.32 Å². The molecule has 3 rings (SSSR count). The maximum atomic E-state index is 12.0. The zero-order valence-electron chi connectivity index (χ0n) is 14.7. The van der Waals surface area contributed by atoms with Crippen LogP contribution in [0.25, 0.3) is 0 Å². The van der Waals surface area contributed by atoms with E-state index in [1.165, 1.54) is 42.5 Å². The third-order valence-electron chi connectivity index (χ3n) is 4.65. The lowest BCUT2D eigenvalue weighted by atomic mass is 10.1. The van der Waals surface area contributed by atoms with Crippen LogP contribution in [0.2, 0.25) is 0 Å². The van der Waals surface area contributed by atoms with Gasteiger partial charge in [-0.3, -0.25) is 19.1 Å². The average molecular weight is 359 g/mol. The molecule has 2 aromatic rings. The minimum atomic E-state index is -0.138. The number of amides is 1. The van der Waals surface area contributed by atoms with Gasteiger partial charge in [0, 0.05) is 24.2 Å². The maximum absolute atomic E-state index is 12.0. The Morgan fingerprint density at radius 2 is 1.80 bits per heavy atom. The molecule has 1 aliphatic rings. The molecule has 1 fully saturated rings. The smallest absolute Gasteiger partial charge is 0.307 e. The van der Waals surface area contributed by atoms with Gasteiger partial charge in [0.2, 0.25) is 5.91 Å². The van der Waals surface area contributed by atoms with Crippen LogP contribution < -0.4 is 10.2 Å². The lowest BCUT2D eigenvalue weighted by molar-refractivity contribution is -0.121. The Balaban J connectivity index is 1.48. The second-order valence-corrected chi connectivity index (χ2v) is 7.48. The number of aromatic nitrogens is 1. The van der Waals surface area contributed by atoms with Crippen molar-refractivity contribution in [1.29, 1.82) is 0 Å². The van der Waals surface area contributed by atoms with E-state index >= 15 is 0 Å². The molecule has 1 aromatic carbocycles. The number of aryl methyl sites for hydroxylation is 1. The van der Waals surface area contributed by atoms with Gasteiger partial charge in [0.05, 0.1) is 0 Å². The molecule has 0 bridgehead atoms. The van der Waals surface area contributed by atoms with Crippen molar-refractivity contribution >= 4 is 17.2 Å². The zero-order chi connectivity index (χ0) is 17.6. The number of carbonyl (C=O) groups excluding carboxylic acids is 1. The van der Waals surface area contributed by atoms with Gasteiger partial charge in [-0.15, -0.1) is 0 Å². The minimum Gasteiger partial charge on any atom is -0.350 e. The van der Waals surface area contributed by atoms with Gasteiger partial charge in [0.1, 0.15) is 6.54 Å². The van der Waals surface area contributed by atoms with Crippen molar-refractivity contribution in [3.05, 3.63) is 56.1 Å². The van der Waals surface area contributed by atoms with E-state index in [0.29, 0.717) is 6.54 Å². The number of thiazole rings is 1. The summed E-state index contributed by atoms with van der Waals surface area (Å²) in [4.78, 5) is 26.1. The Hall–Kier alpha value is -1.92. The number of benzene rings is 1. The van der Waals surface area contributed by atoms with Gasteiger partial charge in [0.15, 0.2) is 0 Å². The molecule has 0 saturated carbocycles. The second kappa shape index (κ2) is 8.45. The molecule has 0 unspecified atom stereocenters. The predicted octanol–water partition coefficient (Wildman–Crippen LogP) is 2.52. The van der Waals surface area contributed by atoms with Crippen LogP contribution in [-0.4, -0.2) is 28.5 Å². The number of piperidine rings is 1. The van der Waals surface area contributed by atoms with Crippen LogP contribution in [0.15, 0.2) is 34.4 Å². The highest BCUT2D eigenvalue weighted by Crippen LogP contribution is 2.13. The molecule has 1 amide bonds. The first-order chi connectivity index (χ1) is 12.1. The van der Waals surface area contributed by atoms with Crippen LogP contribution in [0.3, 0.4) is 0 Å². The molecule has 0 spiro atoms. The van der Waals surface area contributed by atoms with Crippen LogP contribution >= 0.6 is 11.3 Å². The number of nitrogens with one attached hydrogen (secondary N) is 1. The number of nitrogens with zero attached hydrogens (tertiary/aromatic N) is 2. The van der Waals surface area contributed by atoms with Crippen molar-refractivity contribution in [3.8, 4) is 0 Å². The van der Waals surface area contributed by atoms with Crippen LogP contribution in [-0.2, 0) is 24.4 Å². The second-order valence-electron chi connectivity index (χ2n) is 6.66. The number of rotatable bonds is 6. The lowest BCUT2D eigenvalue weighted by Gasteiger charge is -2.26. The summed E-state index contributed by atoms with van der Waals surface area (Å²) in [6.45, 7) is 5.81. The monoisotopic (exact) mass is 359 g/mol. The molecule has 2 heterocycles. The lowest BCUT2D eigenvalue weighted by Crippen LogP contribution is -2.30. The quantitative estimate of drug-likeness (QED) is 0.862. The molecule has 0 atom stereocenters. The molecule has 1 N–H and O–H groups in total. The van der Waals surface area contributed by atoms with Crippen molar-refractivity contribution in [2.75, 3.05) is 13.1 Å². The third kappa shape index (κ3) is 5.03. The Kier molecular flexibility index (Phi) is 6.04. The van der Waals surface area contributed by atoms with Crippen molar-refractivity contribution in [1.82, 2.24) is 14.8 Å². The molecule has 6 heteroatoms. The zero-order valence-corrected chi connectivity index (χ0v) is 15.5. The van der Waals surface area contributed by atoms with E-state index in [9.17, 15) is 9.59 Å². The molecule has 1 aliphatic heterocycles. The molecular formula is C19H25N3O2S. The van der Waals surface area contributed by atoms with Gasteiger partial charge in [-0.25, -0.2) is 0 Å². The fourth-order valence-electron chi connectivity index (χ4n) is 3.13. The van der Waals surface area contributed by atoms with Gasteiger partial charge in [-0.1, -0.05) is 42.0 Å². The molecule has 0 aliphatic carbocycles. The van der Waals surface area contributed by atoms with E-state index in [1.807, 2.05) is 6.92 Å². The van der Waals surface area contributed by atoms with Crippen LogP contribution in [0, 0.1) is 6.92 Å². The third-order valence-corrected chi connectivity index (χ3v) is 5.53. The molecule has 25 heavy (non-hydrogen) atoms. The molecule has 1 aromatic heterocycles. The summed E-state index contributed by atoms with van der Waals surface area (Å²) < 4.78 is 1.50. The van der Waals surface area contributed by atoms with E-state index in [2.05, 4.69) is 34.5 Å². The van der Waals surface area contributed by atoms with Crippen molar-refractivity contribution in [3.63, 3.8) is 0 Å². The van der Waals surface area contributed by atoms with Crippen molar-refractivity contribution < 1.29 is 4.79 Å². The van der Waals surface area contributed by atoms with E-state index < -0.39 is 0 Å². The summed E-state index contributed by atoms with van der Waals surface area (Å²) in [5.41, 5.74) is 3.22. The highest BCUT2D eigenvalue weighted by atomic mass is 32.1. The number of hydrogen-bond donors (Lipinski definition) is 1. The SMILES string of the molecule is Cc1csc(=O)n1CC(=O)NCc1ccc(CN2CCCCC2)cc1. The Bertz CT molecular complexity index is 758. The Morgan fingerprint density at radius 3 is 2.44 bits per heavy atom. The Labute approximate surface area is 152 Å². The fraction of sp³-hybridized carbons (Fsp3) is 0.474. The maximum Gasteiger partial charge on any atom is 0.307 e. The summed E-state index contributed by atoms with van der Waals surface area (Å²) in [5, 5.41) is 4.66. The van der Waals surface area contributed by atoms with Crippen LogP contribution in [0.4, 0.5) is 0 Å². The molecule has 134 valence electrons. The standard InChI is InChI=1S/C19H25N3O2S/c1-15-14-25-19(24)22(15)13-18(23)20-11-16-5-7-17(8-6-16)12-21-9-3-2-4-10-21/h5-8,14H,2-4,9-13H2,1H3,(H,20,23). The van der Waals surface area contributed by atoms with E-state index in [-0.39, 0.29) is 17.3 Å². The van der Waals surface area contributed by atoms with Gasteiger partial charge >= 0.3 is 4.87 Å². The topological polar surface area (TPSA) is 54.3 Å². The molecule has 0 radical (unpaired) electrons. The highest BCUT2D eigenvalue weighted by Gasteiger charge is 2.11. The summed E-state index contributed by atoms with van der Waals surface area (Å²) in [5.74, 6) is -0.138. The normalized spacial score (nSPS) is 15.2. The van der Waals surface area contributed by atoms with E-state index in [0.717, 1.165) is 29.1 Å². The van der Waals surface area contributed by atoms with E-state index in [4.69, 9.17) is 0 Å². The summed E-state index contributed by atoms with van der Waals surface area (Å²) in [6, 6.07) is 8.43. The van der Waals surface area contributed by atoms with Gasteiger partial charge in [0.25, 0.3) is 0 Å². The summed E-state index contributed by atoms with van der Waals surface area (Å²) >= 11 is 1.13. The van der Waals surface area contributed by atoms with Crippen LogP contribution in [0.1, 0.15) is 36.1 Å². The number of likely N-dealkylation sites (tertiary alicyclic amines) is 1. The molecular weight excluding hydrogens is 334 g/mol. The van der Waals surface area contributed by atoms with Crippen molar-refractivity contribution in [2.45, 2.75) is 45.8 Å². The first-order valence-electron chi connectivity index (χ1n) is 8.83. The average Bonchev–Trinajstić information content (AvgIpc) is 2.94. The minimum absolute atomic E-state index is 0.0845. The largest absolute Gasteiger partial charge is 0.350 e. The van der Waals surface area contributed by atoms with Crippen LogP contribution in [0.5, 0.6) is 0 Å². The summed E-state index contributed by atoms with van der Waals surface area (Å²) in [6.07, 6.45) is 3.96. The Morgan fingerprint density at radius 1 is 1.12 bits per heavy atom. The number of carbonyl (C=O) groups is 1. The van der Waals surface area contributed by atoms with E-state index in [1.54, 1.807) is 5.38 Å². The molecule has 5 nitrogen and oxygen atoms in total. The van der Waals surface area contributed by atoms with Gasteiger partial charge in [-0.2, -0.15) is 0 Å². The first-order valence-corrected chi connectivity index (χ1v) is 9.71. The summed E-state index contributed by atoms with van der Waals surface area (Å²) in [7, 11) is 0. The predicted molar refractivity (Wildman–Crippen MR) is 101 cm³/mol. The van der Waals surface area contributed by atoms with Crippen molar-refractivity contribution in [2.24, 2.45) is 0 Å². The van der Waals surface area contributed by atoms with Gasteiger partial charge in [-0.05, 0) is 44.0 Å². The first kappa shape index (κ1) is 17.9.